The highest BCUT2D eigenvalue weighted by molar-refractivity contribution is 7.10. The van der Waals surface area contributed by atoms with Crippen LogP contribution in [-0.2, 0) is 6.54 Å². The Morgan fingerprint density at radius 2 is 2.12 bits per heavy atom. The molecular weight excluding hydrogens is 228 g/mol. The first-order valence-corrected chi connectivity index (χ1v) is 7.05. The average Bonchev–Trinajstić information content (AvgIpc) is 2.75. The monoisotopic (exact) mass is 250 g/mol. The second-order valence-corrected chi connectivity index (χ2v) is 5.19. The summed E-state index contributed by atoms with van der Waals surface area (Å²) in [6.45, 7) is 5.94. The lowest BCUT2D eigenvalue weighted by atomic mass is 10.1. The highest BCUT2D eigenvalue weighted by Crippen LogP contribution is 2.18. The largest absolute Gasteiger partial charge is 0.320 e. The third-order valence-corrected chi connectivity index (χ3v) is 3.88. The van der Waals surface area contributed by atoms with Crippen LogP contribution in [0.3, 0.4) is 0 Å². The van der Waals surface area contributed by atoms with Crippen LogP contribution < -0.4 is 5.73 Å². The maximum absolute atomic E-state index is 5.36. The number of nitrogens with zero attached hydrogens (tertiary/aromatic N) is 1. The van der Waals surface area contributed by atoms with Crippen LogP contribution in [0, 0.1) is 11.8 Å². The maximum atomic E-state index is 5.36. The highest BCUT2D eigenvalue weighted by Gasteiger charge is 2.11. The molecule has 0 radical (unpaired) electrons. The molecular formula is C14H22N2S. The summed E-state index contributed by atoms with van der Waals surface area (Å²) in [5, 5.41) is 2.11. The van der Waals surface area contributed by atoms with Crippen molar-refractivity contribution < 1.29 is 0 Å². The molecule has 0 bridgehead atoms. The van der Waals surface area contributed by atoms with Gasteiger partial charge >= 0.3 is 0 Å². The van der Waals surface area contributed by atoms with Gasteiger partial charge in [0, 0.05) is 28.4 Å². The van der Waals surface area contributed by atoms with Gasteiger partial charge in [0.2, 0.25) is 0 Å². The van der Waals surface area contributed by atoms with E-state index in [0.29, 0.717) is 12.6 Å². The Balaban J connectivity index is 2.59. The van der Waals surface area contributed by atoms with Gasteiger partial charge in [-0.25, -0.2) is 0 Å². The minimum absolute atomic E-state index is 0.429. The van der Waals surface area contributed by atoms with Gasteiger partial charge in [0.1, 0.15) is 0 Å². The molecule has 0 saturated carbocycles. The second-order valence-electron chi connectivity index (χ2n) is 4.19. The van der Waals surface area contributed by atoms with E-state index in [-0.39, 0.29) is 0 Å². The number of rotatable bonds is 5. The number of hydrogen-bond acceptors (Lipinski definition) is 3. The molecule has 17 heavy (non-hydrogen) atoms. The molecule has 0 aromatic carbocycles. The van der Waals surface area contributed by atoms with E-state index in [4.69, 9.17) is 5.73 Å². The van der Waals surface area contributed by atoms with Gasteiger partial charge in [-0.05, 0) is 26.0 Å². The van der Waals surface area contributed by atoms with Crippen LogP contribution in [0.2, 0.25) is 0 Å². The molecule has 1 aromatic rings. The van der Waals surface area contributed by atoms with E-state index in [1.165, 1.54) is 17.7 Å². The number of nitrogens with two attached hydrogens (primary N) is 1. The first-order chi connectivity index (χ1) is 8.21. The van der Waals surface area contributed by atoms with Crippen molar-refractivity contribution in [1.29, 1.82) is 0 Å². The topological polar surface area (TPSA) is 29.3 Å². The molecule has 0 spiro atoms. The van der Waals surface area contributed by atoms with E-state index in [2.05, 4.69) is 49.1 Å². The summed E-state index contributed by atoms with van der Waals surface area (Å²) in [7, 11) is 2.20. The van der Waals surface area contributed by atoms with Crippen molar-refractivity contribution in [2.75, 3.05) is 13.6 Å². The Hall–Kier alpha value is -0.820. The Bertz CT molecular complexity index is 382. The van der Waals surface area contributed by atoms with Gasteiger partial charge in [-0.1, -0.05) is 25.7 Å². The second kappa shape index (κ2) is 7.50. The van der Waals surface area contributed by atoms with E-state index in [0.717, 1.165) is 12.1 Å². The van der Waals surface area contributed by atoms with E-state index in [1.54, 1.807) is 11.3 Å². The van der Waals surface area contributed by atoms with E-state index in [9.17, 15) is 0 Å². The molecule has 2 N–H and O–H groups in total. The van der Waals surface area contributed by atoms with Crippen LogP contribution in [0.4, 0.5) is 0 Å². The maximum Gasteiger partial charge on any atom is 0.0555 e. The highest BCUT2D eigenvalue weighted by atomic mass is 32.1. The summed E-state index contributed by atoms with van der Waals surface area (Å²) in [5.41, 5.74) is 6.45. The molecule has 3 heteroatoms. The molecule has 0 amide bonds. The smallest absolute Gasteiger partial charge is 0.0555 e. The standard InChI is InChI=1S/C14H22N2S/c1-4-13(5-2)16(3)10-14-9-12(11-17-14)7-6-8-15/h9,11,13H,4-5,8,10,15H2,1-3H3. The predicted octanol–water partition coefficient (Wildman–Crippen LogP) is 2.68. The molecule has 0 fully saturated rings. The fourth-order valence-electron chi connectivity index (χ4n) is 1.97. The van der Waals surface area contributed by atoms with Crippen LogP contribution in [0.15, 0.2) is 11.4 Å². The van der Waals surface area contributed by atoms with Gasteiger partial charge < -0.3 is 5.73 Å². The normalized spacial score (nSPS) is 10.7. The number of hydrogen-bond donors (Lipinski definition) is 1. The molecule has 1 heterocycles. The molecule has 0 aliphatic carbocycles. The number of thiophene rings is 1. The van der Waals surface area contributed by atoms with Crippen molar-refractivity contribution in [1.82, 2.24) is 4.90 Å². The lowest BCUT2D eigenvalue weighted by molar-refractivity contribution is 0.223. The molecule has 1 rings (SSSR count). The summed E-state index contributed by atoms with van der Waals surface area (Å²) in [6, 6.07) is 2.85. The molecule has 0 aliphatic rings. The van der Waals surface area contributed by atoms with Crippen molar-refractivity contribution in [2.45, 2.75) is 39.3 Å². The lowest BCUT2D eigenvalue weighted by Gasteiger charge is -2.25. The molecule has 0 aliphatic heterocycles. The molecule has 94 valence electrons. The Morgan fingerprint density at radius 1 is 1.41 bits per heavy atom. The van der Waals surface area contributed by atoms with Gasteiger partial charge in [-0.3, -0.25) is 4.90 Å². The van der Waals surface area contributed by atoms with Crippen molar-refractivity contribution >= 4 is 11.3 Å². The lowest BCUT2D eigenvalue weighted by Crippen LogP contribution is -2.29. The zero-order valence-electron chi connectivity index (χ0n) is 11.0. The Kier molecular flexibility index (Phi) is 6.28. The van der Waals surface area contributed by atoms with Crippen molar-refractivity contribution in [2.24, 2.45) is 5.73 Å². The summed E-state index contributed by atoms with van der Waals surface area (Å²) in [5.74, 6) is 5.96. The summed E-state index contributed by atoms with van der Waals surface area (Å²) in [6.07, 6.45) is 2.41. The zero-order valence-corrected chi connectivity index (χ0v) is 11.8. The van der Waals surface area contributed by atoms with Gasteiger partial charge in [-0.2, -0.15) is 0 Å². The van der Waals surface area contributed by atoms with Crippen LogP contribution in [0.1, 0.15) is 37.1 Å². The first kappa shape index (κ1) is 14.2. The van der Waals surface area contributed by atoms with Crippen LogP contribution in [-0.4, -0.2) is 24.5 Å². The summed E-state index contributed by atoms with van der Waals surface area (Å²) < 4.78 is 0. The predicted molar refractivity (Wildman–Crippen MR) is 76.1 cm³/mol. The van der Waals surface area contributed by atoms with Crippen LogP contribution in [0.5, 0.6) is 0 Å². The van der Waals surface area contributed by atoms with E-state index < -0.39 is 0 Å². The van der Waals surface area contributed by atoms with Crippen LogP contribution in [0.25, 0.3) is 0 Å². The minimum atomic E-state index is 0.429. The van der Waals surface area contributed by atoms with Gasteiger partial charge in [-0.15, -0.1) is 11.3 Å². The van der Waals surface area contributed by atoms with E-state index >= 15 is 0 Å². The quantitative estimate of drug-likeness (QED) is 0.814. The fraction of sp³-hybridized carbons (Fsp3) is 0.571. The van der Waals surface area contributed by atoms with Gasteiger partial charge in [0.05, 0.1) is 6.54 Å². The Morgan fingerprint density at radius 3 is 2.71 bits per heavy atom. The van der Waals surface area contributed by atoms with Crippen LogP contribution >= 0.6 is 11.3 Å². The molecule has 0 atom stereocenters. The van der Waals surface area contributed by atoms with E-state index in [1.807, 2.05) is 0 Å². The van der Waals surface area contributed by atoms with Gasteiger partial charge in [0.15, 0.2) is 0 Å². The molecule has 0 saturated heterocycles. The van der Waals surface area contributed by atoms with Crippen molar-refractivity contribution in [3.8, 4) is 11.8 Å². The minimum Gasteiger partial charge on any atom is -0.320 e. The molecule has 0 unspecified atom stereocenters. The van der Waals surface area contributed by atoms with Crippen molar-refractivity contribution in [3.63, 3.8) is 0 Å². The van der Waals surface area contributed by atoms with Crippen molar-refractivity contribution in [3.05, 3.63) is 21.9 Å². The Labute approximate surface area is 109 Å². The van der Waals surface area contributed by atoms with Gasteiger partial charge in [0.25, 0.3) is 0 Å². The zero-order chi connectivity index (χ0) is 12.7. The third-order valence-electron chi connectivity index (χ3n) is 2.96. The first-order valence-electron chi connectivity index (χ1n) is 6.17. The SMILES string of the molecule is CCC(CC)N(C)Cc1cc(C#CCN)cs1. The molecule has 2 nitrogen and oxygen atoms in total. The molecule has 1 aromatic heterocycles. The summed E-state index contributed by atoms with van der Waals surface area (Å²) in [4.78, 5) is 3.80. The summed E-state index contributed by atoms with van der Waals surface area (Å²) >= 11 is 1.78. The average molecular weight is 250 g/mol. The fourth-order valence-corrected chi connectivity index (χ4v) is 2.85. The third kappa shape index (κ3) is 4.51.